The third-order valence-electron chi connectivity index (χ3n) is 5.53. The SMILES string of the molecule is CCc1cc(C)c2c(c1)[C@@H]1CNC[C@H]1N(CCOc1cccnc1)C2=O.Cl.Cl. The van der Waals surface area contributed by atoms with Gasteiger partial charge < -0.3 is 15.0 Å². The molecular formula is C21H27Cl2N3O2. The Kier molecular flexibility index (Phi) is 7.70. The number of pyridine rings is 1. The summed E-state index contributed by atoms with van der Waals surface area (Å²) in [4.78, 5) is 19.3. The number of fused-ring (bicyclic) bond motifs is 3. The largest absolute Gasteiger partial charge is 0.490 e. The summed E-state index contributed by atoms with van der Waals surface area (Å²) >= 11 is 0. The highest BCUT2D eigenvalue weighted by Crippen LogP contribution is 2.37. The van der Waals surface area contributed by atoms with Crippen LogP contribution in [0.4, 0.5) is 0 Å². The van der Waals surface area contributed by atoms with Gasteiger partial charge >= 0.3 is 0 Å². The van der Waals surface area contributed by atoms with Gasteiger partial charge in [-0.3, -0.25) is 9.78 Å². The highest BCUT2D eigenvalue weighted by atomic mass is 35.5. The molecule has 1 amide bonds. The Hall–Kier alpha value is -1.82. The molecule has 0 spiro atoms. The number of benzene rings is 1. The zero-order valence-electron chi connectivity index (χ0n) is 16.2. The van der Waals surface area contributed by atoms with E-state index in [4.69, 9.17) is 4.74 Å². The minimum absolute atomic E-state index is 0. The molecule has 1 fully saturated rings. The molecule has 0 saturated carbocycles. The molecule has 5 nitrogen and oxygen atoms in total. The Labute approximate surface area is 178 Å². The summed E-state index contributed by atoms with van der Waals surface area (Å²) in [5.74, 6) is 1.24. The number of hydrogen-bond donors (Lipinski definition) is 1. The number of halogens is 2. The van der Waals surface area contributed by atoms with Crippen molar-refractivity contribution >= 4 is 30.7 Å². The van der Waals surface area contributed by atoms with Gasteiger partial charge in [0.05, 0.1) is 18.8 Å². The summed E-state index contributed by atoms with van der Waals surface area (Å²) in [5, 5.41) is 3.48. The van der Waals surface area contributed by atoms with Crippen LogP contribution in [0.15, 0.2) is 36.7 Å². The molecule has 28 heavy (non-hydrogen) atoms. The molecule has 1 aromatic carbocycles. The van der Waals surface area contributed by atoms with Crippen molar-refractivity contribution in [1.82, 2.24) is 15.2 Å². The number of aromatic nitrogens is 1. The number of nitrogens with zero attached hydrogens (tertiary/aromatic N) is 2. The average Bonchev–Trinajstić information content (AvgIpc) is 3.14. The van der Waals surface area contributed by atoms with Gasteiger partial charge in [-0.25, -0.2) is 0 Å². The van der Waals surface area contributed by atoms with Gasteiger partial charge in [0.25, 0.3) is 5.91 Å². The van der Waals surface area contributed by atoms with E-state index < -0.39 is 0 Å². The zero-order chi connectivity index (χ0) is 18.1. The third kappa shape index (κ3) is 4.12. The second-order valence-corrected chi connectivity index (χ2v) is 7.10. The average molecular weight is 424 g/mol. The van der Waals surface area contributed by atoms with Gasteiger partial charge in [-0.1, -0.05) is 19.1 Å². The maximum absolute atomic E-state index is 13.3. The Bertz CT molecular complexity index is 817. The molecule has 1 saturated heterocycles. The summed E-state index contributed by atoms with van der Waals surface area (Å²) in [6, 6.07) is 8.34. The van der Waals surface area contributed by atoms with Crippen molar-refractivity contribution in [2.45, 2.75) is 32.2 Å². The predicted molar refractivity (Wildman–Crippen MR) is 115 cm³/mol. The standard InChI is InChI=1S/C21H25N3O2.2ClH/c1-3-15-9-14(2)20-17(10-15)18-12-23-13-19(18)24(21(20)25)7-8-26-16-5-4-6-22-11-16;;/h4-6,9-11,18-19,23H,3,7-8,12-13H2,1-2H3;2*1H/t18-,19+;;/m0../s1. The van der Waals surface area contributed by atoms with Crippen molar-refractivity contribution in [3.8, 4) is 5.75 Å². The summed E-state index contributed by atoms with van der Waals surface area (Å²) in [6.45, 7) is 7.06. The molecule has 0 radical (unpaired) electrons. The van der Waals surface area contributed by atoms with E-state index in [0.717, 1.165) is 36.4 Å². The van der Waals surface area contributed by atoms with Gasteiger partial charge in [-0.15, -0.1) is 24.8 Å². The van der Waals surface area contributed by atoms with Crippen LogP contribution in [-0.4, -0.2) is 48.1 Å². The quantitative estimate of drug-likeness (QED) is 0.800. The lowest BCUT2D eigenvalue weighted by molar-refractivity contribution is 0.0613. The van der Waals surface area contributed by atoms with Gasteiger partial charge in [0, 0.05) is 30.8 Å². The van der Waals surface area contributed by atoms with Crippen molar-refractivity contribution in [1.29, 1.82) is 0 Å². The molecule has 2 aromatic rings. The summed E-state index contributed by atoms with van der Waals surface area (Å²) in [7, 11) is 0. The fraction of sp³-hybridized carbons (Fsp3) is 0.429. The number of amides is 1. The molecule has 2 aliphatic rings. The van der Waals surface area contributed by atoms with E-state index in [0.29, 0.717) is 19.1 Å². The zero-order valence-corrected chi connectivity index (χ0v) is 17.8. The molecule has 0 bridgehead atoms. The van der Waals surface area contributed by atoms with E-state index in [2.05, 4.69) is 36.3 Å². The Morgan fingerprint density at radius 2 is 2.11 bits per heavy atom. The van der Waals surface area contributed by atoms with Crippen LogP contribution >= 0.6 is 24.8 Å². The smallest absolute Gasteiger partial charge is 0.254 e. The first-order valence-corrected chi connectivity index (χ1v) is 9.37. The number of ether oxygens (including phenoxy) is 1. The molecule has 1 N–H and O–H groups in total. The van der Waals surface area contributed by atoms with E-state index in [1.807, 2.05) is 17.0 Å². The van der Waals surface area contributed by atoms with E-state index >= 15 is 0 Å². The van der Waals surface area contributed by atoms with Crippen molar-refractivity contribution in [2.24, 2.45) is 0 Å². The first-order valence-electron chi connectivity index (χ1n) is 9.37. The number of nitrogens with one attached hydrogen (secondary N) is 1. The highest BCUT2D eigenvalue weighted by molar-refractivity contribution is 5.99. The van der Waals surface area contributed by atoms with Crippen LogP contribution in [-0.2, 0) is 6.42 Å². The fourth-order valence-corrected chi connectivity index (χ4v) is 4.25. The van der Waals surface area contributed by atoms with Gasteiger partial charge in [0.1, 0.15) is 12.4 Å². The first-order chi connectivity index (χ1) is 12.7. The molecular weight excluding hydrogens is 397 g/mol. The molecule has 0 unspecified atom stereocenters. The van der Waals surface area contributed by atoms with Crippen LogP contribution in [0.1, 0.15) is 39.9 Å². The predicted octanol–water partition coefficient (Wildman–Crippen LogP) is 3.39. The Morgan fingerprint density at radius 1 is 1.29 bits per heavy atom. The minimum Gasteiger partial charge on any atom is -0.490 e. The number of rotatable bonds is 5. The van der Waals surface area contributed by atoms with Crippen molar-refractivity contribution in [3.63, 3.8) is 0 Å². The van der Waals surface area contributed by atoms with Crippen molar-refractivity contribution < 1.29 is 9.53 Å². The van der Waals surface area contributed by atoms with Crippen LogP contribution in [0.2, 0.25) is 0 Å². The lowest BCUT2D eigenvalue weighted by atomic mass is 9.81. The van der Waals surface area contributed by atoms with E-state index in [1.165, 1.54) is 11.1 Å². The van der Waals surface area contributed by atoms with E-state index in [-0.39, 0.29) is 36.8 Å². The van der Waals surface area contributed by atoms with Crippen molar-refractivity contribution in [3.05, 3.63) is 58.9 Å². The molecule has 2 aliphatic heterocycles. The molecule has 0 aliphatic carbocycles. The number of carbonyl (C=O) groups is 1. The minimum atomic E-state index is 0. The second kappa shape index (κ2) is 9.59. The monoisotopic (exact) mass is 423 g/mol. The van der Waals surface area contributed by atoms with Gasteiger partial charge in [-0.2, -0.15) is 0 Å². The number of carbonyl (C=O) groups excluding carboxylic acids is 1. The highest BCUT2D eigenvalue weighted by Gasteiger charge is 2.42. The topological polar surface area (TPSA) is 54.5 Å². The molecule has 7 heteroatoms. The summed E-state index contributed by atoms with van der Waals surface area (Å²) in [5.41, 5.74) is 4.53. The van der Waals surface area contributed by atoms with E-state index in [1.54, 1.807) is 12.4 Å². The maximum Gasteiger partial charge on any atom is 0.254 e. The molecule has 2 atom stereocenters. The normalized spacial score (nSPS) is 19.9. The summed E-state index contributed by atoms with van der Waals surface area (Å²) < 4.78 is 5.78. The molecule has 1 aromatic heterocycles. The fourth-order valence-electron chi connectivity index (χ4n) is 4.25. The van der Waals surface area contributed by atoms with Gasteiger partial charge in [0.15, 0.2) is 0 Å². The molecule has 3 heterocycles. The van der Waals surface area contributed by atoms with E-state index in [9.17, 15) is 4.79 Å². The number of hydrogen-bond acceptors (Lipinski definition) is 4. The molecule has 152 valence electrons. The van der Waals surface area contributed by atoms with Crippen LogP contribution in [0.25, 0.3) is 0 Å². The van der Waals surface area contributed by atoms with Crippen molar-refractivity contribution in [2.75, 3.05) is 26.2 Å². The van der Waals surface area contributed by atoms with Crippen LogP contribution in [0.5, 0.6) is 5.75 Å². The van der Waals surface area contributed by atoms with Crippen LogP contribution < -0.4 is 10.1 Å². The summed E-state index contributed by atoms with van der Waals surface area (Å²) in [6.07, 6.45) is 4.42. The second-order valence-electron chi connectivity index (χ2n) is 7.10. The van der Waals surface area contributed by atoms with Crippen LogP contribution in [0.3, 0.4) is 0 Å². The Morgan fingerprint density at radius 3 is 2.82 bits per heavy atom. The third-order valence-corrected chi connectivity index (χ3v) is 5.53. The van der Waals surface area contributed by atoms with Gasteiger partial charge in [0.2, 0.25) is 0 Å². The Balaban J connectivity index is 0.00000140. The maximum atomic E-state index is 13.3. The lowest BCUT2D eigenvalue weighted by Crippen LogP contribution is -2.50. The molecule has 4 rings (SSSR count). The first kappa shape index (κ1) is 22.5. The van der Waals surface area contributed by atoms with Gasteiger partial charge in [-0.05, 0) is 42.2 Å². The van der Waals surface area contributed by atoms with Crippen LogP contribution in [0, 0.1) is 6.92 Å². The lowest BCUT2D eigenvalue weighted by Gasteiger charge is -2.39. The number of aryl methyl sites for hydroxylation is 2.